The summed E-state index contributed by atoms with van der Waals surface area (Å²) >= 11 is 0. The molecule has 0 amide bonds. The molecule has 0 aromatic rings. The van der Waals surface area contributed by atoms with E-state index in [1.807, 2.05) is 0 Å². The van der Waals surface area contributed by atoms with E-state index in [0.717, 1.165) is 6.54 Å². The molecule has 1 fully saturated rings. The summed E-state index contributed by atoms with van der Waals surface area (Å²) in [5.41, 5.74) is 0. The van der Waals surface area contributed by atoms with E-state index in [9.17, 15) is 8.42 Å². The van der Waals surface area contributed by atoms with Crippen LogP contribution in [-0.2, 0) is 13.8 Å². The van der Waals surface area contributed by atoms with Crippen LogP contribution in [-0.4, -0.2) is 40.0 Å². The average Bonchev–Trinajstić information content (AvgIpc) is 1.85. The van der Waals surface area contributed by atoms with E-state index in [4.69, 9.17) is 15.4 Å². The van der Waals surface area contributed by atoms with Gasteiger partial charge in [-0.1, -0.05) is 0 Å². The van der Waals surface area contributed by atoms with E-state index < -0.39 is 9.05 Å². The summed E-state index contributed by atoms with van der Waals surface area (Å²) in [6.45, 7) is 1.89. The fourth-order valence-corrected chi connectivity index (χ4v) is 2.03. The number of halogens is 1. The van der Waals surface area contributed by atoms with Gasteiger partial charge < -0.3 is 10.1 Å². The molecule has 1 saturated heterocycles. The van der Waals surface area contributed by atoms with E-state index in [2.05, 4.69) is 5.32 Å². The zero-order chi connectivity index (χ0) is 8.32. The van der Waals surface area contributed by atoms with Gasteiger partial charge in [0.25, 0.3) is 0 Å². The highest BCUT2D eigenvalue weighted by Gasteiger charge is 2.19. The first-order chi connectivity index (χ1) is 5.08. The lowest BCUT2D eigenvalue weighted by molar-refractivity contribution is 0.0432. The number of hydrogen-bond acceptors (Lipinski definition) is 4. The average molecular weight is 200 g/mol. The Bertz CT molecular complexity index is 210. The van der Waals surface area contributed by atoms with Crippen LogP contribution in [0, 0.1) is 0 Å². The minimum Gasteiger partial charge on any atom is -0.374 e. The van der Waals surface area contributed by atoms with Gasteiger partial charge in [0.15, 0.2) is 0 Å². The molecular weight excluding hydrogens is 190 g/mol. The van der Waals surface area contributed by atoms with Crippen molar-refractivity contribution in [3.05, 3.63) is 0 Å². The smallest absolute Gasteiger partial charge is 0.235 e. The lowest BCUT2D eigenvalue weighted by Gasteiger charge is -2.21. The third kappa shape index (κ3) is 3.91. The first-order valence-corrected chi connectivity index (χ1v) is 5.80. The molecule has 0 unspecified atom stereocenters. The SMILES string of the molecule is O=S(=O)(Cl)C[C@@H]1CNCCO1. The maximum Gasteiger partial charge on any atom is 0.235 e. The molecule has 0 radical (unpaired) electrons. The fraction of sp³-hybridized carbons (Fsp3) is 1.00. The van der Waals surface area contributed by atoms with Crippen LogP contribution < -0.4 is 5.32 Å². The summed E-state index contributed by atoms with van der Waals surface area (Å²) in [7, 11) is 1.61. The zero-order valence-electron chi connectivity index (χ0n) is 5.92. The summed E-state index contributed by atoms with van der Waals surface area (Å²) in [5, 5.41) is 3.01. The Morgan fingerprint density at radius 2 is 2.36 bits per heavy atom. The van der Waals surface area contributed by atoms with Gasteiger partial charge in [0.1, 0.15) is 0 Å². The lowest BCUT2D eigenvalue weighted by atomic mass is 10.3. The Hall–Kier alpha value is 0.160. The zero-order valence-corrected chi connectivity index (χ0v) is 7.49. The van der Waals surface area contributed by atoms with Crippen molar-refractivity contribution in [3.63, 3.8) is 0 Å². The van der Waals surface area contributed by atoms with Crippen LogP contribution in [0.2, 0.25) is 0 Å². The van der Waals surface area contributed by atoms with Gasteiger partial charge in [-0.15, -0.1) is 0 Å². The monoisotopic (exact) mass is 199 g/mol. The van der Waals surface area contributed by atoms with Crippen LogP contribution >= 0.6 is 10.7 Å². The minimum absolute atomic E-state index is 0.110. The normalized spacial score (nSPS) is 26.8. The largest absolute Gasteiger partial charge is 0.374 e. The molecule has 1 atom stereocenters. The summed E-state index contributed by atoms with van der Waals surface area (Å²) in [6, 6.07) is 0. The number of morpholine rings is 1. The van der Waals surface area contributed by atoms with E-state index in [-0.39, 0.29) is 11.9 Å². The Morgan fingerprint density at radius 3 is 2.82 bits per heavy atom. The van der Waals surface area contributed by atoms with E-state index >= 15 is 0 Å². The van der Waals surface area contributed by atoms with Crippen molar-refractivity contribution in [1.82, 2.24) is 5.32 Å². The van der Waals surface area contributed by atoms with Crippen LogP contribution in [0.25, 0.3) is 0 Å². The molecule has 1 aliphatic heterocycles. The van der Waals surface area contributed by atoms with Crippen molar-refractivity contribution in [2.45, 2.75) is 6.10 Å². The maximum absolute atomic E-state index is 10.6. The highest BCUT2D eigenvalue weighted by Crippen LogP contribution is 2.04. The van der Waals surface area contributed by atoms with Crippen molar-refractivity contribution < 1.29 is 13.2 Å². The molecule has 6 heteroatoms. The molecule has 0 bridgehead atoms. The second kappa shape index (κ2) is 3.71. The van der Waals surface area contributed by atoms with Crippen LogP contribution in [0.3, 0.4) is 0 Å². The van der Waals surface area contributed by atoms with Crippen molar-refractivity contribution in [3.8, 4) is 0 Å². The van der Waals surface area contributed by atoms with Crippen LogP contribution in [0.4, 0.5) is 0 Å². The van der Waals surface area contributed by atoms with Crippen molar-refractivity contribution >= 4 is 19.7 Å². The Kier molecular flexibility index (Phi) is 3.12. The number of hydrogen-bond donors (Lipinski definition) is 1. The molecule has 0 aliphatic carbocycles. The summed E-state index contributed by atoms with van der Waals surface area (Å²) in [6.07, 6.45) is -0.286. The molecule has 66 valence electrons. The van der Waals surface area contributed by atoms with Gasteiger partial charge in [-0.3, -0.25) is 0 Å². The second-order valence-corrected chi connectivity index (χ2v) is 5.22. The third-order valence-electron chi connectivity index (χ3n) is 1.39. The molecule has 0 spiro atoms. The summed E-state index contributed by atoms with van der Waals surface area (Å²) in [4.78, 5) is 0. The maximum atomic E-state index is 10.6. The van der Waals surface area contributed by atoms with Crippen LogP contribution in [0.5, 0.6) is 0 Å². The molecule has 1 rings (SSSR count). The fourth-order valence-electron chi connectivity index (χ4n) is 0.949. The molecule has 11 heavy (non-hydrogen) atoms. The highest BCUT2D eigenvalue weighted by molar-refractivity contribution is 8.13. The van der Waals surface area contributed by atoms with Gasteiger partial charge in [0.2, 0.25) is 9.05 Å². The predicted octanol–water partition coefficient (Wildman–Crippen LogP) is -0.457. The molecule has 0 saturated carbocycles. The summed E-state index contributed by atoms with van der Waals surface area (Å²) < 4.78 is 26.2. The van der Waals surface area contributed by atoms with E-state index in [1.165, 1.54) is 0 Å². The lowest BCUT2D eigenvalue weighted by Crippen LogP contribution is -2.41. The van der Waals surface area contributed by atoms with Crippen molar-refractivity contribution in [1.29, 1.82) is 0 Å². The molecule has 1 aliphatic rings. The van der Waals surface area contributed by atoms with E-state index in [1.54, 1.807) is 0 Å². The number of nitrogens with one attached hydrogen (secondary N) is 1. The second-order valence-electron chi connectivity index (χ2n) is 2.40. The van der Waals surface area contributed by atoms with E-state index in [0.29, 0.717) is 13.2 Å². The first-order valence-electron chi connectivity index (χ1n) is 3.32. The van der Waals surface area contributed by atoms with Gasteiger partial charge in [-0.25, -0.2) is 8.42 Å². The van der Waals surface area contributed by atoms with Gasteiger partial charge in [0.05, 0.1) is 18.5 Å². The minimum atomic E-state index is -3.42. The summed E-state index contributed by atoms with van der Waals surface area (Å²) in [5.74, 6) is -0.110. The molecular formula is C5H10ClNO3S. The van der Waals surface area contributed by atoms with Crippen LogP contribution in [0.1, 0.15) is 0 Å². The predicted molar refractivity (Wildman–Crippen MR) is 42.2 cm³/mol. The molecule has 1 heterocycles. The van der Waals surface area contributed by atoms with Gasteiger partial charge >= 0.3 is 0 Å². The number of rotatable bonds is 2. The molecule has 0 aromatic heterocycles. The van der Waals surface area contributed by atoms with Gasteiger partial charge in [-0.05, 0) is 0 Å². The Balaban J connectivity index is 2.36. The van der Waals surface area contributed by atoms with Gasteiger partial charge in [-0.2, -0.15) is 0 Å². The Morgan fingerprint density at radius 1 is 1.64 bits per heavy atom. The molecule has 4 nitrogen and oxygen atoms in total. The van der Waals surface area contributed by atoms with Crippen molar-refractivity contribution in [2.75, 3.05) is 25.4 Å². The van der Waals surface area contributed by atoms with Crippen molar-refractivity contribution in [2.24, 2.45) is 0 Å². The van der Waals surface area contributed by atoms with Gasteiger partial charge in [0, 0.05) is 23.8 Å². The quantitative estimate of drug-likeness (QED) is 0.612. The first kappa shape index (κ1) is 9.25. The number of ether oxygens (including phenoxy) is 1. The molecule has 0 aromatic carbocycles. The van der Waals surface area contributed by atoms with Crippen LogP contribution in [0.15, 0.2) is 0 Å². The third-order valence-corrected chi connectivity index (χ3v) is 2.54. The standard InChI is InChI=1S/C5H10ClNO3S/c6-11(8,9)4-5-3-7-1-2-10-5/h5,7H,1-4H2/t5-/m0/s1. The Labute approximate surface area is 70.3 Å². The molecule has 1 N–H and O–H groups in total. The topological polar surface area (TPSA) is 55.4 Å². The highest BCUT2D eigenvalue weighted by atomic mass is 35.7.